The van der Waals surface area contributed by atoms with Crippen LogP contribution in [0.25, 0.3) is 0 Å². The summed E-state index contributed by atoms with van der Waals surface area (Å²) >= 11 is 4.93. The Hall–Kier alpha value is -1.21. The summed E-state index contributed by atoms with van der Waals surface area (Å²) in [6.45, 7) is 0.911. The van der Waals surface area contributed by atoms with E-state index in [1.54, 1.807) is 0 Å². The number of nitrogens with zero attached hydrogens (tertiary/aromatic N) is 1. The number of amides is 2. The number of nitrogens with two attached hydrogens (primary N) is 2. The molecular formula is C10H15N3O3S. The molecule has 0 radical (unpaired) electrons. The van der Waals surface area contributed by atoms with Gasteiger partial charge in [-0.05, 0) is 12.8 Å². The van der Waals surface area contributed by atoms with Crippen LogP contribution in [-0.2, 0) is 14.3 Å². The molecule has 6 nitrogen and oxygen atoms in total. The fraction of sp³-hybridized carbons (Fsp3) is 0.700. The molecule has 0 aromatic heterocycles. The highest BCUT2D eigenvalue weighted by atomic mass is 32.1. The molecule has 1 heterocycles. The zero-order valence-corrected chi connectivity index (χ0v) is 10.2. The first kappa shape index (κ1) is 12.3. The standard InChI is InChI=1S/C10H15N3O3S/c11-7(14)6-5-16-4-3-13(6)9(15)10(1-2-10)8(12)17/h6H,1-5H2,(H2,11,14)(H2,12,17). The van der Waals surface area contributed by atoms with Crippen molar-refractivity contribution in [2.45, 2.75) is 18.9 Å². The van der Waals surface area contributed by atoms with Crippen molar-refractivity contribution in [3.63, 3.8) is 0 Å². The fourth-order valence-electron chi connectivity index (χ4n) is 2.05. The maximum atomic E-state index is 12.3. The number of primary amides is 1. The van der Waals surface area contributed by atoms with E-state index in [9.17, 15) is 9.59 Å². The Morgan fingerprint density at radius 2 is 2.00 bits per heavy atom. The number of morpholine rings is 1. The minimum absolute atomic E-state index is 0.147. The summed E-state index contributed by atoms with van der Waals surface area (Å²) < 4.78 is 5.16. The quantitative estimate of drug-likeness (QED) is 0.617. The number of carbonyl (C=O) groups excluding carboxylic acids is 2. The summed E-state index contributed by atoms with van der Waals surface area (Å²) in [5, 5.41) is 0. The monoisotopic (exact) mass is 257 g/mol. The lowest BCUT2D eigenvalue weighted by Gasteiger charge is -2.35. The molecule has 2 aliphatic rings. The lowest BCUT2D eigenvalue weighted by Crippen LogP contribution is -2.57. The van der Waals surface area contributed by atoms with Crippen molar-refractivity contribution >= 4 is 29.0 Å². The van der Waals surface area contributed by atoms with Crippen LogP contribution in [-0.4, -0.2) is 47.5 Å². The molecule has 0 bridgehead atoms. The van der Waals surface area contributed by atoms with E-state index in [-0.39, 0.29) is 17.5 Å². The number of ether oxygens (including phenoxy) is 1. The molecule has 0 aromatic carbocycles. The van der Waals surface area contributed by atoms with Gasteiger partial charge >= 0.3 is 0 Å². The maximum absolute atomic E-state index is 12.3. The molecule has 1 saturated heterocycles. The van der Waals surface area contributed by atoms with Gasteiger partial charge in [-0.2, -0.15) is 0 Å². The van der Waals surface area contributed by atoms with Gasteiger partial charge in [0.2, 0.25) is 11.8 Å². The van der Waals surface area contributed by atoms with Crippen LogP contribution in [0.4, 0.5) is 0 Å². The molecule has 1 atom stereocenters. The van der Waals surface area contributed by atoms with Crippen molar-refractivity contribution in [3.8, 4) is 0 Å². The van der Waals surface area contributed by atoms with Crippen LogP contribution in [0.3, 0.4) is 0 Å². The van der Waals surface area contributed by atoms with Crippen molar-refractivity contribution in [2.75, 3.05) is 19.8 Å². The molecule has 1 unspecified atom stereocenters. The lowest BCUT2D eigenvalue weighted by atomic mass is 10.0. The molecule has 1 aliphatic carbocycles. The van der Waals surface area contributed by atoms with Crippen LogP contribution in [0, 0.1) is 5.41 Å². The minimum atomic E-state index is -0.736. The molecule has 2 rings (SSSR count). The van der Waals surface area contributed by atoms with Crippen LogP contribution < -0.4 is 11.5 Å². The number of rotatable bonds is 3. The van der Waals surface area contributed by atoms with Gasteiger partial charge in [-0.1, -0.05) is 12.2 Å². The molecule has 0 aromatic rings. The van der Waals surface area contributed by atoms with Gasteiger partial charge in [0.05, 0.1) is 23.6 Å². The second-order valence-corrected chi connectivity index (χ2v) is 4.88. The summed E-state index contributed by atoms with van der Waals surface area (Å²) in [5.74, 6) is -0.742. The van der Waals surface area contributed by atoms with E-state index < -0.39 is 17.4 Å². The van der Waals surface area contributed by atoms with E-state index in [2.05, 4.69) is 0 Å². The van der Waals surface area contributed by atoms with Gasteiger partial charge in [0, 0.05) is 6.54 Å². The summed E-state index contributed by atoms with van der Waals surface area (Å²) in [6, 6.07) is -0.705. The average molecular weight is 257 g/mol. The van der Waals surface area contributed by atoms with Crippen molar-refractivity contribution in [1.82, 2.24) is 4.90 Å². The van der Waals surface area contributed by atoms with Gasteiger partial charge in [-0.15, -0.1) is 0 Å². The van der Waals surface area contributed by atoms with E-state index in [0.717, 1.165) is 0 Å². The molecule has 2 fully saturated rings. The van der Waals surface area contributed by atoms with Gasteiger partial charge in [0.1, 0.15) is 6.04 Å². The Kier molecular flexibility index (Phi) is 3.05. The van der Waals surface area contributed by atoms with Crippen LogP contribution in [0.2, 0.25) is 0 Å². The molecule has 7 heteroatoms. The normalized spacial score (nSPS) is 26.4. The van der Waals surface area contributed by atoms with Gasteiger partial charge < -0.3 is 21.1 Å². The van der Waals surface area contributed by atoms with Crippen LogP contribution in [0.5, 0.6) is 0 Å². The van der Waals surface area contributed by atoms with Crippen LogP contribution in [0.15, 0.2) is 0 Å². The first-order valence-corrected chi connectivity index (χ1v) is 5.88. The second kappa shape index (κ2) is 4.23. The first-order valence-electron chi connectivity index (χ1n) is 5.47. The summed E-state index contributed by atoms with van der Waals surface area (Å²) in [7, 11) is 0. The van der Waals surface area contributed by atoms with Crippen molar-refractivity contribution in [3.05, 3.63) is 0 Å². The number of hydrogen-bond acceptors (Lipinski definition) is 4. The predicted octanol–water partition coefficient (Wildman–Crippen LogP) is -1.23. The maximum Gasteiger partial charge on any atom is 0.242 e. The van der Waals surface area contributed by atoms with E-state index >= 15 is 0 Å². The largest absolute Gasteiger partial charge is 0.392 e. The molecule has 17 heavy (non-hydrogen) atoms. The SMILES string of the molecule is NC(=O)C1COCCN1C(=O)C1(C(N)=S)CC1. The molecule has 4 N–H and O–H groups in total. The average Bonchev–Trinajstić information content (AvgIpc) is 3.09. The first-order chi connectivity index (χ1) is 7.99. The Morgan fingerprint density at radius 1 is 1.35 bits per heavy atom. The molecule has 1 saturated carbocycles. The van der Waals surface area contributed by atoms with E-state index in [0.29, 0.717) is 26.0 Å². The fourth-order valence-corrected chi connectivity index (χ4v) is 2.34. The zero-order valence-electron chi connectivity index (χ0n) is 9.35. The predicted molar refractivity (Wildman–Crippen MR) is 64.0 cm³/mol. The van der Waals surface area contributed by atoms with Crippen molar-refractivity contribution in [2.24, 2.45) is 16.9 Å². The highest BCUT2D eigenvalue weighted by Gasteiger charge is 2.55. The Morgan fingerprint density at radius 3 is 2.47 bits per heavy atom. The minimum Gasteiger partial charge on any atom is -0.392 e. The number of thiocarbonyl (C=S) groups is 1. The zero-order chi connectivity index (χ0) is 12.6. The molecular weight excluding hydrogens is 242 g/mol. The van der Waals surface area contributed by atoms with E-state index in [1.165, 1.54) is 4.90 Å². The van der Waals surface area contributed by atoms with Crippen molar-refractivity contribution < 1.29 is 14.3 Å². The van der Waals surface area contributed by atoms with Gasteiger partial charge in [0.25, 0.3) is 0 Å². The van der Waals surface area contributed by atoms with Gasteiger partial charge in [-0.25, -0.2) is 0 Å². The molecule has 94 valence electrons. The second-order valence-electron chi connectivity index (χ2n) is 4.44. The Bertz CT molecular complexity index is 381. The van der Waals surface area contributed by atoms with E-state index in [1.807, 2.05) is 0 Å². The summed E-state index contributed by atoms with van der Waals surface area (Å²) in [4.78, 5) is 25.3. The van der Waals surface area contributed by atoms with Gasteiger partial charge in [0.15, 0.2) is 0 Å². The number of carbonyl (C=O) groups is 2. The Balaban J connectivity index is 2.17. The highest BCUT2D eigenvalue weighted by molar-refractivity contribution is 7.80. The molecule has 0 spiro atoms. The number of hydrogen-bond donors (Lipinski definition) is 2. The topological polar surface area (TPSA) is 98.7 Å². The van der Waals surface area contributed by atoms with Crippen LogP contribution >= 0.6 is 12.2 Å². The van der Waals surface area contributed by atoms with Crippen LogP contribution in [0.1, 0.15) is 12.8 Å². The highest BCUT2D eigenvalue weighted by Crippen LogP contribution is 2.48. The molecule has 1 aliphatic heterocycles. The van der Waals surface area contributed by atoms with Gasteiger partial charge in [-0.3, -0.25) is 9.59 Å². The van der Waals surface area contributed by atoms with E-state index in [4.69, 9.17) is 28.4 Å². The third-order valence-electron chi connectivity index (χ3n) is 3.35. The lowest BCUT2D eigenvalue weighted by molar-refractivity contribution is -0.149. The molecule has 2 amide bonds. The van der Waals surface area contributed by atoms with Crippen molar-refractivity contribution in [1.29, 1.82) is 0 Å². The summed E-state index contributed by atoms with van der Waals surface area (Å²) in [5.41, 5.74) is 10.1. The Labute approximate surface area is 104 Å². The summed E-state index contributed by atoms with van der Waals surface area (Å²) in [6.07, 6.45) is 1.31. The third-order valence-corrected chi connectivity index (χ3v) is 3.74. The smallest absolute Gasteiger partial charge is 0.242 e. The third kappa shape index (κ3) is 2.00.